The summed E-state index contributed by atoms with van der Waals surface area (Å²) in [5, 5.41) is 3.57. The van der Waals surface area contributed by atoms with E-state index >= 15 is 0 Å². The quantitative estimate of drug-likeness (QED) is 0.682. The number of aromatic nitrogens is 2. The minimum absolute atomic E-state index is 0.257. The highest BCUT2D eigenvalue weighted by atomic mass is 16.5. The second-order valence-corrected chi connectivity index (χ2v) is 3.14. The third kappa shape index (κ3) is 1.30. The van der Waals surface area contributed by atoms with Gasteiger partial charge in [-0.2, -0.15) is 4.98 Å². The minimum Gasteiger partial charge on any atom is -0.369 e. The molecule has 0 fully saturated rings. The molecule has 5 nitrogen and oxygen atoms in total. The van der Waals surface area contributed by atoms with Crippen molar-refractivity contribution in [2.45, 2.75) is 26.2 Å². The average molecular weight is 169 g/mol. The molecular weight excluding hydrogens is 158 g/mol. The normalized spacial score (nSPS) is 11.6. The molecule has 0 saturated carbocycles. The molecule has 0 aliphatic heterocycles. The van der Waals surface area contributed by atoms with Gasteiger partial charge in [-0.15, -0.1) is 0 Å². The highest BCUT2D eigenvalue weighted by molar-refractivity contribution is 5.84. The molecule has 66 valence electrons. The van der Waals surface area contributed by atoms with Crippen molar-refractivity contribution in [3.8, 4) is 0 Å². The number of rotatable bonds is 2. The number of hydrogen-bond donors (Lipinski definition) is 1. The van der Waals surface area contributed by atoms with Gasteiger partial charge in [0.1, 0.15) is 5.41 Å². The highest BCUT2D eigenvalue weighted by Crippen LogP contribution is 2.19. The number of primary amides is 1. The van der Waals surface area contributed by atoms with Gasteiger partial charge in [0.25, 0.3) is 0 Å². The molecule has 1 aromatic heterocycles. The van der Waals surface area contributed by atoms with Crippen molar-refractivity contribution >= 4 is 5.91 Å². The molecule has 5 heteroatoms. The lowest BCUT2D eigenvalue weighted by molar-refractivity contribution is -0.123. The standard InChI is InChI=1S/C7H11N3O2/c1-4-9-6(12-10-4)7(2,3)5(8)11/h1-3H3,(H2,8,11). The minimum atomic E-state index is -0.888. The van der Waals surface area contributed by atoms with Crippen LogP contribution >= 0.6 is 0 Å². The van der Waals surface area contributed by atoms with Crippen LogP contribution in [0.2, 0.25) is 0 Å². The summed E-state index contributed by atoms with van der Waals surface area (Å²) in [5.74, 6) is 0.276. The second kappa shape index (κ2) is 2.58. The van der Waals surface area contributed by atoms with Crippen molar-refractivity contribution in [3.05, 3.63) is 11.7 Å². The molecule has 2 N–H and O–H groups in total. The molecule has 12 heavy (non-hydrogen) atoms. The Morgan fingerprint density at radius 1 is 1.58 bits per heavy atom. The number of nitrogens with zero attached hydrogens (tertiary/aromatic N) is 2. The predicted molar refractivity (Wildman–Crippen MR) is 41.3 cm³/mol. The molecular formula is C7H11N3O2. The first-order valence-electron chi connectivity index (χ1n) is 3.55. The molecule has 0 atom stereocenters. The molecule has 1 rings (SSSR count). The highest BCUT2D eigenvalue weighted by Gasteiger charge is 2.33. The number of aryl methyl sites for hydroxylation is 1. The SMILES string of the molecule is Cc1noc(C(C)(C)C(N)=O)n1. The Labute approximate surface area is 69.9 Å². The van der Waals surface area contributed by atoms with Crippen molar-refractivity contribution in [2.24, 2.45) is 5.73 Å². The van der Waals surface area contributed by atoms with Crippen molar-refractivity contribution in [1.29, 1.82) is 0 Å². The zero-order chi connectivity index (χ0) is 9.35. The number of nitrogens with two attached hydrogens (primary N) is 1. The molecule has 1 heterocycles. The van der Waals surface area contributed by atoms with Crippen molar-refractivity contribution in [1.82, 2.24) is 10.1 Å². The Balaban J connectivity index is 3.05. The maximum atomic E-state index is 10.9. The van der Waals surface area contributed by atoms with E-state index in [1.165, 1.54) is 0 Å². The van der Waals surface area contributed by atoms with E-state index in [0.717, 1.165) is 0 Å². The summed E-state index contributed by atoms with van der Waals surface area (Å²) in [5.41, 5.74) is 4.26. The maximum Gasteiger partial charge on any atom is 0.241 e. The van der Waals surface area contributed by atoms with Crippen molar-refractivity contribution in [3.63, 3.8) is 0 Å². The fraction of sp³-hybridized carbons (Fsp3) is 0.571. The Morgan fingerprint density at radius 2 is 2.17 bits per heavy atom. The molecule has 0 unspecified atom stereocenters. The number of carbonyl (C=O) groups is 1. The van der Waals surface area contributed by atoms with Gasteiger partial charge in [0.05, 0.1) is 0 Å². The van der Waals surface area contributed by atoms with E-state index in [1.54, 1.807) is 20.8 Å². The third-order valence-corrected chi connectivity index (χ3v) is 1.68. The molecule has 0 aromatic carbocycles. The smallest absolute Gasteiger partial charge is 0.241 e. The van der Waals surface area contributed by atoms with E-state index < -0.39 is 11.3 Å². The Morgan fingerprint density at radius 3 is 2.50 bits per heavy atom. The zero-order valence-corrected chi connectivity index (χ0v) is 7.29. The summed E-state index contributed by atoms with van der Waals surface area (Å²) in [6, 6.07) is 0. The van der Waals surface area contributed by atoms with E-state index in [9.17, 15) is 4.79 Å². The summed E-state index contributed by atoms with van der Waals surface area (Å²) in [7, 11) is 0. The summed E-state index contributed by atoms with van der Waals surface area (Å²) >= 11 is 0. The lowest BCUT2D eigenvalue weighted by atomic mass is 9.93. The molecule has 0 aliphatic carbocycles. The third-order valence-electron chi connectivity index (χ3n) is 1.68. The molecule has 1 aromatic rings. The molecule has 0 aliphatic rings. The first-order valence-corrected chi connectivity index (χ1v) is 3.55. The summed E-state index contributed by atoms with van der Waals surface area (Å²) in [6.45, 7) is 4.97. The Kier molecular flexibility index (Phi) is 1.87. The first kappa shape index (κ1) is 8.70. The molecule has 0 bridgehead atoms. The van der Waals surface area contributed by atoms with E-state index in [-0.39, 0.29) is 5.89 Å². The summed E-state index contributed by atoms with van der Waals surface area (Å²) in [4.78, 5) is 14.9. The number of carbonyl (C=O) groups excluding carboxylic acids is 1. The van der Waals surface area contributed by atoms with Gasteiger partial charge in [-0.1, -0.05) is 5.16 Å². The predicted octanol–water partition coefficient (Wildman–Crippen LogP) is 0.141. The summed E-state index contributed by atoms with van der Waals surface area (Å²) in [6.07, 6.45) is 0. The fourth-order valence-corrected chi connectivity index (χ4v) is 0.656. The lowest BCUT2D eigenvalue weighted by Gasteiger charge is -2.13. The monoisotopic (exact) mass is 169 g/mol. The van der Waals surface area contributed by atoms with Gasteiger partial charge >= 0.3 is 0 Å². The maximum absolute atomic E-state index is 10.9. The van der Waals surface area contributed by atoms with Crippen LogP contribution in [0.3, 0.4) is 0 Å². The van der Waals surface area contributed by atoms with E-state index in [1.807, 2.05) is 0 Å². The van der Waals surface area contributed by atoms with Crippen LogP contribution < -0.4 is 5.73 Å². The molecule has 0 spiro atoms. The van der Waals surface area contributed by atoms with E-state index in [2.05, 4.69) is 10.1 Å². The molecule has 1 amide bonds. The topological polar surface area (TPSA) is 82.0 Å². The number of hydrogen-bond acceptors (Lipinski definition) is 4. The van der Waals surface area contributed by atoms with Gasteiger partial charge in [-0.3, -0.25) is 4.79 Å². The van der Waals surface area contributed by atoms with Crippen LogP contribution in [-0.2, 0) is 10.2 Å². The van der Waals surface area contributed by atoms with Crippen LogP contribution in [0.4, 0.5) is 0 Å². The van der Waals surface area contributed by atoms with Gasteiger partial charge in [0.2, 0.25) is 11.8 Å². The largest absolute Gasteiger partial charge is 0.369 e. The van der Waals surface area contributed by atoms with Crippen LogP contribution in [0.5, 0.6) is 0 Å². The van der Waals surface area contributed by atoms with Gasteiger partial charge in [0, 0.05) is 0 Å². The Hall–Kier alpha value is -1.39. The van der Waals surface area contributed by atoms with Gasteiger partial charge < -0.3 is 10.3 Å². The van der Waals surface area contributed by atoms with Gasteiger partial charge in [-0.05, 0) is 20.8 Å². The Bertz CT molecular complexity index is 303. The van der Waals surface area contributed by atoms with Crippen molar-refractivity contribution < 1.29 is 9.32 Å². The van der Waals surface area contributed by atoms with Crippen molar-refractivity contribution in [2.75, 3.05) is 0 Å². The second-order valence-electron chi connectivity index (χ2n) is 3.14. The van der Waals surface area contributed by atoms with E-state index in [0.29, 0.717) is 5.82 Å². The van der Waals surface area contributed by atoms with Crippen LogP contribution in [0.25, 0.3) is 0 Å². The zero-order valence-electron chi connectivity index (χ0n) is 7.29. The molecule has 0 saturated heterocycles. The van der Waals surface area contributed by atoms with Crippen LogP contribution in [0.1, 0.15) is 25.6 Å². The van der Waals surface area contributed by atoms with Gasteiger partial charge in [0.15, 0.2) is 5.82 Å². The van der Waals surface area contributed by atoms with Crippen LogP contribution in [0.15, 0.2) is 4.52 Å². The number of amides is 1. The van der Waals surface area contributed by atoms with E-state index in [4.69, 9.17) is 10.3 Å². The fourth-order valence-electron chi connectivity index (χ4n) is 0.656. The van der Waals surface area contributed by atoms with Crippen LogP contribution in [0, 0.1) is 6.92 Å². The lowest BCUT2D eigenvalue weighted by Crippen LogP contribution is -2.35. The molecule has 0 radical (unpaired) electrons. The van der Waals surface area contributed by atoms with Crippen LogP contribution in [-0.4, -0.2) is 16.0 Å². The van der Waals surface area contributed by atoms with Gasteiger partial charge in [-0.25, -0.2) is 0 Å². The first-order chi connectivity index (χ1) is 5.44. The average Bonchev–Trinajstić information content (AvgIpc) is 2.35. The summed E-state index contributed by atoms with van der Waals surface area (Å²) < 4.78 is 4.83.